The van der Waals surface area contributed by atoms with Gasteiger partial charge in [-0.1, -0.05) is 0 Å². The fraction of sp³-hybridized carbons (Fsp3) is 0.450. The van der Waals surface area contributed by atoms with Crippen molar-refractivity contribution in [3.8, 4) is 11.4 Å². The Morgan fingerprint density at radius 3 is 2.79 bits per heavy atom. The number of anilines is 2. The average molecular weight is 482 g/mol. The molecule has 0 aliphatic carbocycles. The molecule has 2 unspecified atom stereocenters. The Morgan fingerprint density at radius 2 is 2.00 bits per heavy atom. The number of alkyl halides is 1. The standard InChI is InChI=1S/C20H22F3N7O2S/c21-12-3-4-24-8-15(12)27-20-14(23)7-13(22)19(28-20)16-9-25-17-10-26-18(11-29(16)17)30-5-1-2-6-33(30,31)32/h7,9-12,15,24H,1-6,8H2,(H,27,28). The molecule has 2 aliphatic heterocycles. The second-order valence-electron chi connectivity index (χ2n) is 8.12. The van der Waals surface area contributed by atoms with Gasteiger partial charge in [0.05, 0.1) is 36.1 Å². The molecule has 2 N–H and O–H groups in total. The summed E-state index contributed by atoms with van der Waals surface area (Å²) in [5.74, 6) is -1.94. The summed E-state index contributed by atoms with van der Waals surface area (Å²) in [5, 5.41) is 5.76. The molecule has 3 aromatic heterocycles. The number of hydrogen-bond donors (Lipinski definition) is 2. The van der Waals surface area contributed by atoms with Crippen molar-refractivity contribution in [3.05, 3.63) is 36.3 Å². The maximum absolute atomic E-state index is 14.8. The highest BCUT2D eigenvalue weighted by molar-refractivity contribution is 7.92. The zero-order valence-corrected chi connectivity index (χ0v) is 18.3. The third-order valence-electron chi connectivity index (χ3n) is 5.88. The van der Waals surface area contributed by atoms with Crippen molar-refractivity contribution in [1.82, 2.24) is 24.7 Å². The number of pyridine rings is 1. The van der Waals surface area contributed by atoms with Gasteiger partial charge in [-0.3, -0.25) is 8.71 Å². The lowest BCUT2D eigenvalue weighted by Crippen LogP contribution is -2.46. The Bertz CT molecular complexity index is 1300. The molecule has 13 heteroatoms. The number of fused-ring (bicyclic) bond motifs is 1. The average Bonchev–Trinajstić information content (AvgIpc) is 3.20. The number of nitrogens with one attached hydrogen (secondary N) is 2. The van der Waals surface area contributed by atoms with Crippen LogP contribution in [0.15, 0.2) is 24.7 Å². The molecule has 2 fully saturated rings. The van der Waals surface area contributed by atoms with E-state index in [-0.39, 0.29) is 41.7 Å². The predicted molar refractivity (Wildman–Crippen MR) is 116 cm³/mol. The van der Waals surface area contributed by atoms with E-state index >= 15 is 0 Å². The third kappa shape index (κ3) is 4.10. The Hall–Kier alpha value is -2.93. The van der Waals surface area contributed by atoms with Crippen LogP contribution in [0.1, 0.15) is 19.3 Å². The van der Waals surface area contributed by atoms with Gasteiger partial charge in [0.2, 0.25) is 10.0 Å². The van der Waals surface area contributed by atoms with Crippen LogP contribution in [0.3, 0.4) is 0 Å². The molecule has 2 atom stereocenters. The molecule has 0 bridgehead atoms. The lowest BCUT2D eigenvalue weighted by molar-refractivity contribution is 0.240. The topological polar surface area (TPSA) is 105 Å². The second kappa shape index (κ2) is 8.45. The zero-order valence-electron chi connectivity index (χ0n) is 17.5. The number of aromatic nitrogens is 4. The van der Waals surface area contributed by atoms with Gasteiger partial charge in [-0.05, 0) is 25.8 Å². The summed E-state index contributed by atoms with van der Waals surface area (Å²) in [7, 11) is -3.50. The summed E-state index contributed by atoms with van der Waals surface area (Å²) in [4.78, 5) is 12.5. The second-order valence-corrected chi connectivity index (χ2v) is 10.1. The van der Waals surface area contributed by atoms with Gasteiger partial charge >= 0.3 is 0 Å². The molecule has 2 aliphatic rings. The monoisotopic (exact) mass is 481 g/mol. The third-order valence-corrected chi connectivity index (χ3v) is 7.72. The minimum Gasteiger partial charge on any atom is -0.361 e. The van der Waals surface area contributed by atoms with Gasteiger partial charge in [-0.2, -0.15) is 0 Å². The first-order chi connectivity index (χ1) is 15.8. The minimum absolute atomic E-state index is 0.0261. The highest BCUT2D eigenvalue weighted by atomic mass is 32.2. The van der Waals surface area contributed by atoms with Gasteiger partial charge in [0, 0.05) is 19.2 Å². The highest BCUT2D eigenvalue weighted by Gasteiger charge is 2.29. The molecule has 5 heterocycles. The summed E-state index contributed by atoms with van der Waals surface area (Å²) in [6, 6.07) is -0.0218. The van der Waals surface area contributed by atoms with Crippen LogP contribution in [0.5, 0.6) is 0 Å². The minimum atomic E-state index is -3.50. The molecule has 2 saturated heterocycles. The van der Waals surface area contributed by atoms with E-state index in [4.69, 9.17) is 0 Å². The van der Waals surface area contributed by atoms with Crippen molar-refractivity contribution >= 4 is 27.3 Å². The number of hydrogen-bond acceptors (Lipinski definition) is 7. The van der Waals surface area contributed by atoms with E-state index in [1.54, 1.807) is 0 Å². The van der Waals surface area contributed by atoms with Crippen molar-refractivity contribution in [3.63, 3.8) is 0 Å². The van der Waals surface area contributed by atoms with Gasteiger partial charge in [0.15, 0.2) is 28.9 Å². The van der Waals surface area contributed by atoms with Crippen molar-refractivity contribution in [2.75, 3.05) is 35.0 Å². The van der Waals surface area contributed by atoms with E-state index < -0.39 is 33.9 Å². The molecule has 5 rings (SSSR count). The number of rotatable bonds is 4. The van der Waals surface area contributed by atoms with Crippen molar-refractivity contribution in [2.24, 2.45) is 0 Å². The van der Waals surface area contributed by atoms with Crippen molar-refractivity contribution in [2.45, 2.75) is 31.5 Å². The summed E-state index contributed by atoms with van der Waals surface area (Å²) in [6.07, 6.45) is 4.52. The fourth-order valence-corrected chi connectivity index (χ4v) is 5.70. The quantitative estimate of drug-likeness (QED) is 0.588. The molecular weight excluding hydrogens is 459 g/mol. The van der Waals surface area contributed by atoms with E-state index in [9.17, 15) is 21.6 Å². The number of nitrogens with zero attached hydrogens (tertiary/aromatic N) is 5. The highest BCUT2D eigenvalue weighted by Crippen LogP contribution is 2.28. The van der Waals surface area contributed by atoms with Crippen LogP contribution in [0.25, 0.3) is 17.0 Å². The van der Waals surface area contributed by atoms with E-state index in [2.05, 4.69) is 25.6 Å². The van der Waals surface area contributed by atoms with E-state index in [1.807, 2.05) is 0 Å². The van der Waals surface area contributed by atoms with Crippen molar-refractivity contribution in [1.29, 1.82) is 0 Å². The predicted octanol–water partition coefficient (Wildman–Crippen LogP) is 2.11. The molecule has 0 amide bonds. The van der Waals surface area contributed by atoms with Gasteiger partial charge < -0.3 is 10.6 Å². The number of halogens is 3. The molecule has 176 valence electrons. The van der Waals surface area contributed by atoms with E-state index in [0.29, 0.717) is 37.6 Å². The molecule has 3 aromatic rings. The van der Waals surface area contributed by atoms with Crippen LogP contribution in [-0.4, -0.2) is 65.4 Å². The van der Waals surface area contributed by atoms with Crippen LogP contribution < -0.4 is 14.9 Å². The molecule has 0 saturated carbocycles. The molecule has 33 heavy (non-hydrogen) atoms. The maximum Gasteiger partial charge on any atom is 0.236 e. The number of sulfonamides is 1. The van der Waals surface area contributed by atoms with Crippen LogP contribution in [-0.2, 0) is 10.0 Å². The molecule has 0 radical (unpaired) electrons. The first-order valence-electron chi connectivity index (χ1n) is 10.6. The maximum atomic E-state index is 14.8. The fourth-order valence-electron chi connectivity index (χ4n) is 4.12. The van der Waals surface area contributed by atoms with Crippen LogP contribution in [0, 0.1) is 11.6 Å². The van der Waals surface area contributed by atoms with Crippen LogP contribution >= 0.6 is 0 Å². The Labute approximate surface area is 188 Å². The van der Waals surface area contributed by atoms with Crippen molar-refractivity contribution < 1.29 is 21.6 Å². The van der Waals surface area contributed by atoms with Gasteiger partial charge in [-0.25, -0.2) is 36.5 Å². The van der Waals surface area contributed by atoms with Crippen LogP contribution in [0.2, 0.25) is 0 Å². The Kier molecular flexibility index (Phi) is 5.60. The van der Waals surface area contributed by atoms with Crippen LogP contribution in [0.4, 0.5) is 24.8 Å². The first kappa shape index (κ1) is 21.9. The molecular formula is C20H22F3N7O2S. The normalized spacial score (nSPS) is 23.1. The lowest BCUT2D eigenvalue weighted by Gasteiger charge is -2.28. The van der Waals surface area contributed by atoms with E-state index in [1.165, 1.54) is 27.3 Å². The first-order valence-corrected chi connectivity index (χ1v) is 12.3. The smallest absolute Gasteiger partial charge is 0.236 e. The Morgan fingerprint density at radius 1 is 1.15 bits per heavy atom. The summed E-state index contributed by atoms with van der Waals surface area (Å²) >= 11 is 0. The lowest BCUT2D eigenvalue weighted by atomic mass is 10.1. The molecule has 9 nitrogen and oxygen atoms in total. The summed E-state index contributed by atoms with van der Waals surface area (Å²) in [6.45, 7) is 1.10. The number of piperidine rings is 1. The van der Waals surface area contributed by atoms with Gasteiger partial charge in [0.1, 0.15) is 11.9 Å². The molecule has 0 spiro atoms. The van der Waals surface area contributed by atoms with Gasteiger partial charge in [0.25, 0.3) is 0 Å². The zero-order chi connectivity index (χ0) is 23.2. The van der Waals surface area contributed by atoms with E-state index in [0.717, 1.165) is 0 Å². The summed E-state index contributed by atoms with van der Waals surface area (Å²) in [5.41, 5.74) is 0.315. The number of imidazole rings is 1. The Balaban J connectivity index is 1.54. The van der Waals surface area contributed by atoms with Gasteiger partial charge in [-0.15, -0.1) is 0 Å². The largest absolute Gasteiger partial charge is 0.361 e. The summed E-state index contributed by atoms with van der Waals surface area (Å²) < 4.78 is 71.0. The SMILES string of the molecule is O=S1(=O)CCCCN1c1cn2c(-c3nc(NC4CNCCC4F)c(F)cc3F)cnc2cn1. The molecule has 0 aromatic carbocycles.